The Labute approximate surface area is 152 Å². The average Bonchev–Trinajstić information content (AvgIpc) is 2.57. The number of benzene rings is 2. The lowest BCUT2D eigenvalue weighted by molar-refractivity contribution is -0.120. The Kier molecular flexibility index (Phi) is 7.06. The highest BCUT2D eigenvalue weighted by Gasteiger charge is 2.11. The summed E-state index contributed by atoms with van der Waals surface area (Å²) in [5, 5.41) is 5.27. The highest BCUT2D eigenvalue weighted by molar-refractivity contribution is 9.10. The van der Waals surface area contributed by atoms with Crippen molar-refractivity contribution in [2.45, 2.75) is 12.8 Å². The maximum atomic E-state index is 13.2. The van der Waals surface area contributed by atoms with Crippen molar-refractivity contribution in [2.24, 2.45) is 0 Å². The summed E-state index contributed by atoms with van der Waals surface area (Å²) >= 11 is 3.18. The van der Waals surface area contributed by atoms with Gasteiger partial charge in [0, 0.05) is 24.0 Å². The second-order valence-corrected chi connectivity index (χ2v) is 6.21. The smallest absolute Gasteiger partial charge is 0.252 e. The zero-order chi connectivity index (χ0) is 18.2. The predicted octanol–water partition coefficient (Wildman–Crippen LogP) is 3.21. The van der Waals surface area contributed by atoms with E-state index in [1.54, 1.807) is 12.1 Å². The summed E-state index contributed by atoms with van der Waals surface area (Å²) in [6.07, 6.45) is 0.619. The van der Waals surface area contributed by atoms with Gasteiger partial charge in [-0.05, 0) is 58.2 Å². The van der Waals surface area contributed by atoms with E-state index in [-0.39, 0.29) is 30.3 Å². The van der Waals surface area contributed by atoms with E-state index in [2.05, 4.69) is 26.6 Å². The van der Waals surface area contributed by atoms with Crippen molar-refractivity contribution < 1.29 is 18.4 Å². The molecule has 0 aliphatic rings. The van der Waals surface area contributed by atoms with Crippen molar-refractivity contribution in [3.8, 4) is 0 Å². The summed E-state index contributed by atoms with van der Waals surface area (Å²) in [5.41, 5.74) is 0.969. The lowest BCUT2D eigenvalue weighted by Crippen LogP contribution is -2.31. The number of amides is 2. The lowest BCUT2D eigenvalue weighted by Gasteiger charge is -2.08. The van der Waals surface area contributed by atoms with Gasteiger partial charge in [-0.1, -0.05) is 12.1 Å². The molecule has 7 heteroatoms. The van der Waals surface area contributed by atoms with Crippen LogP contribution in [0.3, 0.4) is 0 Å². The van der Waals surface area contributed by atoms with Crippen molar-refractivity contribution >= 4 is 27.7 Å². The van der Waals surface area contributed by atoms with Crippen molar-refractivity contribution in [1.82, 2.24) is 10.6 Å². The first kappa shape index (κ1) is 19.1. The Bertz CT molecular complexity index is 768. The topological polar surface area (TPSA) is 58.2 Å². The number of halogens is 3. The first-order chi connectivity index (χ1) is 12.0. The van der Waals surface area contributed by atoms with Crippen molar-refractivity contribution in [1.29, 1.82) is 0 Å². The van der Waals surface area contributed by atoms with Crippen LogP contribution in [0.15, 0.2) is 46.9 Å². The van der Waals surface area contributed by atoms with Crippen LogP contribution < -0.4 is 10.6 Å². The van der Waals surface area contributed by atoms with E-state index in [0.717, 1.165) is 11.6 Å². The first-order valence-corrected chi connectivity index (χ1v) is 8.49. The summed E-state index contributed by atoms with van der Waals surface area (Å²) < 4.78 is 26.7. The van der Waals surface area contributed by atoms with Crippen LogP contribution in [0.5, 0.6) is 0 Å². The van der Waals surface area contributed by atoms with E-state index in [4.69, 9.17) is 0 Å². The van der Waals surface area contributed by atoms with Crippen LogP contribution in [-0.4, -0.2) is 24.9 Å². The van der Waals surface area contributed by atoms with Gasteiger partial charge in [0.2, 0.25) is 5.91 Å². The average molecular weight is 411 g/mol. The summed E-state index contributed by atoms with van der Waals surface area (Å²) in [7, 11) is 0. The van der Waals surface area contributed by atoms with Gasteiger partial charge in [0.1, 0.15) is 11.6 Å². The SMILES string of the molecule is O=C(CCNC(=O)c1cc(F)ccc1Br)NCCc1cccc(F)c1. The Morgan fingerprint density at radius 2 is 1.72 bits per heavy atom. The fourth-order valence-corrected chi connectivity index (χ4v) is 2.61. The maximum Gasteiger partial charge on any atom is 0.252 e. The molecular formula is C18H17BrF2N2O2. The van der Waals surface area contributed by atoms with E-state index in [1.807, 2.05) is 0 Å². The van der Waals surface area contributed by atoms with Gasteiger partial charge in [0.05, 0.1) is 5.56 Å². The van der Waals surface area contributed by atoms with Crippen molar-refractivity contribution in [2.75, 3.05) is 13.1 Å². The van der Waals surface area contributed by atoms with Crippen LogP contribution in [-0.2, 0) is 11.2 Å². The number of carbonyl (C=O) groups is 2. The van der Waals surface area contributed by atoms with Gasteiger partial charge < -0.3 is 10.6 Å². The second kappa shape index (κ2) is 9.27. The zero-order valence-corrected chi connectivity index (χ0v) is 14.9. The molecule has 0 bridgehead atoms. The molecule has 2 N–H and O–H groups in total. The minimum atomic E-state index is -0.511. The predicted molar refractivity (Wildman–Crippen MR) is 94.2 cm³/mol. The highest BCUT2D eigenvalue weighted by Crippen LogP contribution is 2.17. The molecule has 132 valence electrons. The Morgan fingerprint density at radius 1 is 0.960 bits per heavy atom. The molecule has 0 spiro atoms. The molecule has 0 radical (unpaired) electrons. The van der Waals surface area contributed by atoms with Gasteiger partial charge in [-0.3, -0.25) is 9.59 Å². The third-order valence-electron chi connectivity index (χ3n) is 3.44. The molecule has 2 aromatic rings. The Morgan fingerprint density at radius 3 is 2.48 bits per heavy atom. The van der Waals surface area contributed by atoms with Gasteiger partial charge >= 0.3 is 0 Å². The molecule has 0 heterocycles. The number of carbonyl (C=O) groups excluding carboxylic acids is 2. The van der Waals surface area contributed by atoms with Crippen LogP contribution in [0.4, 0.5) is 8.78 Å². The van der Waals surface area contributed by atoms with E-state index in [9.17, 15) is 18.4 Å². The first-order valence-electron chi connectivity index (χ1n) is 7.70. The van der Waals surface area contributed by atoms with Crippen molar-refractivity contribution in [3.05, 3.63) is 69.7 Å². The van der Waals surface area contributed by atoms with E-state index < -0.39 is 11.7 Å². The molecule has 0 atom stereocenters. The standard InChI is InChI=1S/C18H17BrF2N2O2/c19-16-5-4-14(21)11-15(16)18(25)23-9-7-17(24)22-8-6-12-2-1-3-13(20)10-12/h1-5,10-11H,6-9H2,(H,22,24)(H,23,25). The maximum absolute atomic E-state index is 13.2. The van der Waals surface area contributed by atoms with Crippen LogP contribution >= 0.6 is 15.9 Å². The molecule has 2 amide bonds. The molecule has 25 heavy (non-hydrogen) atoms. The summed E-state index contributed by atoms with van der Waals surface area (Å²) in [6, 6.07) is 10.00. The molecule has 0 aliphatic heterocycles. The lowest BCUT2D eigenvalue weighted by atomic mass is 10.1. The molecule has 4 nitrogen and oxygen atoms in total. The normalized spacial score (nSPS) is 10.4. The molecule has 0 aliphatic carbocycles. The molecule has 0 aromatic heterocycles. The van der Waals surface area contributed by atoms with E-state index >= 15 is 0 Å². The molecular weight excluding hydrogens is 394 g/mol. The minimum absolute atomic E-state index is 0.0990. The summed E-state index contributed by atoms with van der Waals surface area (Å²) in [4.78, 5) is 23.7. The van der Waals surface area contributed by atoms with Crippen LogP contribution in [0.2, 0.25) is 0 Å². The minimum Gasteiger partial charge on any atom is -0.356 e. The van der Waals surface area contributed by atoms with Gasteiger partial charge in [-0.25, -0.2) is 8.78 Å². The fraction of sp³-hybridized carbons (Fsp3) is 0.222. The van der Waals surface area contributed by atoms with Crippen LogP contribution in [0.25, 0.3) is 0 Å². The molecule has 0 unspecified atom stereocenters. The largest absolute Gasteiger partial charge is 0.356 e. The number of hydrogen-bond donors (Lipinski definition) is 2. The monoisotopic (exact) mass is 410 g/mol. The number of nitrogens with one attached hydrogen (secondary N) is 2. The molecule has 0 saturated heterocycles. The van der Waals surface area contributed by atoms with Gasteiger partial charge in [0.25, 0.3) is 5.91 Å². The second-order valence-electron chi connectivity index (χ2n) is 5.36. The zero-order valence-electron chi connectivity index (χ0n) is 13.3. The van der Waals surface area contributed by atoms with E-state index in [0.29, 0.717) is 17.4 Å². The molecule has 0 saturated carbocycles. The van der Waals surface area contributed by atoms with Crippen LogP contribution in [0.1, 0.15) is 22.3 Å². The Hall–Kier alpha value is -2.28. The molecule has 2 rings (SSSR count). The summed E-state index contributed by atoms with van der Waals surface area (Å²) in [5.74, 6) is -1.51. The van der Waals surface area contributed by atoms with Gasteiger partial charge in [-0.15, -0.1) is 0 Å². The third-order valence-corrected chi connectivity index (χ3v) is 4.13. The molecule has 2 aromatic carbocycles. The third kappa shape index (κ3) is 6.26. The van der Waals surface area contributed by atoms with Crippen molar-refractivity contribution in [3.63, 3.8) is 0 Å². The highest BCUT2D eigenvalue weighted by atomic mass is 79.9. The molecule has 0 fully saturated rings. The Balaban J connectivity index is 1.69. The summed E-state index contributed by atoms with van der Waals surface area (Å²) in [6.45, 7) is 0.513. The number of rotatable bonds is 7. The number of hydrogen-bond acceptors (Lipinski definition) is 2. The van der Waals surface area contributed by atoms with E-state index in [1.165, 1.54) is 24.3 Å². The fourth-order valence-electron chi connectivity index (χ4n) is 2.18. The van der Waals surface area contributed by atoms with Crippen LogP contribution in [0, 0.1) is 11.6 Å². The quantitative estimate of drug-likeness (QED) is 0.736. The van der Waals surface area contributed by atoms with Gasteiger partial charge in [-0.2, -0.15) is 0 Å². The van der Waals surface area contributed by atoms with Gasteiger partial charge in [0.15, 0.2) is 0 Å².